The lowest BCUT2D eigenvalue weighted by atomic mass is 10.1. The van der Waals surface area contributed by atoms with E-state index in [-0.39, 0.29) is 17.3 Å². The number of aromatic nitrogens is 1. The Morgan fingerprint density at radius 1 is 1.33 bits per heavy atom. The Morgan fingerprint density at radius 2 is 2.05 bits per heavy atom. The van der Waals surface area contributed by atoms with Crippen LogP contribution in [-0.2, 0) is 6.54 Å². The number of amides is 1. The lowest BCUT2D eigenvalue weighted by Gasteiger charge is -2.05. The molecule has 0 unspecified atom stereocenters. The van der Waals surface area contributed by atoms with Gasteiger partial charge in [-0.15, -0.1) is 11.3 Å². The van der Waals surface area contributed by atoms with E-state index in [0.717, 1.165) is 21.4 Å². The molecule has 0 saturated heterocycles. The summed E-state index contributed by atoms with van der Waals surface area (Å²) in [6, 6.07) is 5.44. The zero-order valence-electron chi connectivity index (χ0n) is 11.4. The van der Waals surface area contributed by atoms with Gasteiger partial charge in [-0.25, -0.2) is 9.78 Å². The highest BCUT2D eigenvalue weighted by atomic mass is 79.9. The van der Waals surface area contributed by atoms with Crippen LogP contribution in [-0.4, -0.2) is 22.0 Å². The van der Waals surface area contributed by atoms with Gasteiger partial charge in [0.15, 0.2) is 0 Å². The average molecular weight is 369 g/mol. The van der Waals surface area contributed by atoms with E-state index in [1.807, 2.05) is 13.0 Å². The van der Waals surface area contributed by atoms with Crippen molar-refractivity contribution in [3.63, 3.8) is 0 Å². The molecule has 0 radical (unpaired) electrons. The molecule has 1 aromatic carbocycles. The van der Waals surface area contributed by atoms with Crippen molar-refractivity contribution in [1.29, 1.82) is 0 Å². The summed E-state index contributed by atoms with van der Waals surface area (Å²) in [4.78, 5) is 27.4. The third-order valence-corrected chi connectivity index (χ3v) is 4.34. The maximum Gasteiger partial charge on any atom is 0.347 e. The van der Waals surface area contributed by atoms with Gasteiger partial charge in [-0.2, -0.15) is 0 Å². The maximum absolute atomic E-state index is 12.1. The van der Waals surface area contributed by atoms with Crippen LogP contribution in [0.3, 0.4) is 0 Å². The van der Waals surface area contributed by atoms with Crippen LogP contribution >= 0.6 is 27.3 Å². The van der Waals surface area contributed by atoms with E-state index in [0.29, 0.717) is 16.3 Å². The SMILES string of the molecule is Cc1cc(Br)cc(C(=O)NCc2nc(C)c(C(=O)O)s2)c1. The number of nitrogens with one attached hydrogen (secondary N) is 1. The van der Waals surface area contributed by atoms with Gasteiger partial charge >= 0.3 is 5.97 Å². The number of carboxylic acids is 1. The van der Waals surface area contributed by atoms with E-state index < -0.39 is 5.97 Å². The fourth-order valence-electron chi connectivity index (χ4n) is 1.85. The van der Waals surface area contributed by atoms with Crippen LogP contribution in [0.15, 0.2) is 22.7 Å². The summed E-state index contributed by atoms with van der Waals surface area (Å²) in [5.74, 6) is -1.21. The van der Waals surface area contributed by atoms with Gasteiger partial charge in [0.1, 0.15) is 9.88 Å². The molecule has 0 atom stereocenters. The van der Waals surface area contributed by atoms with Crippen LogP contribution in [0.2, 0.25) is 0 Å². The highest BCUT2D eigenvalue weighted by Gasteiger charge is 2.14. The number of nitrogens with zero attached hydrogens (tertiary/aromatic N) is 1. The zero-order chi connectivity index (χ0) is 15.6. The van der Waals surface area contributed by atoms with Crippen LogP contribution in [0.1, 0.15) is 36.3 Å². The lowest BCUT2D eigenvalue weighted by molar-refractivity contribution is 0.0701. The number of carbonyl (C=O) groups excluding carboxylic acids is 1. The molecule has 0 saturated carbocycles. The highest BCUT2D eigenvalue weighted by molar-refractivity contribution is 9.10. The van der Waals surface area contributed by atoms with Gasteiger partial charge in [0.05, 0.1) is 12.2 Å². The van der Waals surface area contributed by atoms with E-state index in [2.05, 4.69) is 26.2 Å². The number of hydrogen-bond donors (Lipinski definition) is 2. The molecule has 0 spiro atoms. The Kier molecular flexibility index (Phi) is 4.74. The monoisotopic (exact) mass is 368 g/mol. The predicted octanol–water partition coefficient (Wildman–Crippen LogP) is 3.15. The second-order valence-corrected chi connectivity index (χ2v) is 6.53. The molecule has 2 N–H and O–H groups in total. The number of hydrogen-bond acceptors (Lipinski definition) is 4. The van der Waals surface area contributed by atoms with Crippen LogP contribution in [0.25, 0.3) is 0 Å². The minimum Gasteiger partial charge on any atom is -0.477 e. The Hall–Kier alpha value is -1.73. The van der Waals surface area contributed by atoms with Crippen molar-refractivity contribution in [2.45, 2.75) is 20.4 Å². The van der Waals surface area contributed by atoms with Gasteiger partial charge in [0.2, 0.25) is 0 Å². The van der Waals surface area contributed by atoms with Gasteiger partial charge in [-0.1, -0.05) is 15.9 Å². The van der Waals surface area contributed by atoms with Gasteiger partial charge in [-0.05, 0) is 37.6 Å². The van der Waals surface area contributed by atoms with Gasteiger partial charge < -0.3 is 10.4 Å². The van der Waals surface area contributed by atoms with Gasteiger partial charge in [0, 0.05) is 10.0 Å². The van der Waals surface area contributed by atoms with E-state index in [4.69, 9.17) is 5.11 Å². The van der Waals surface area contributed by atoms with Crippen molar-refractivity contribution < 1.29 is 14.7 Å². The minimum atomic E-state index is -0.995. The molecule has 110 valence electrons. The topological polar surface area (TPSA) is 79.3 Å². The molecule has 1 heterocycles. The van der Waals surface area contributed by atoms with Crippen molar-refractivity contribution in [1.82, 2.24) is 10.3 Å². The Morgan fingerprint density at radius 3 is 2.62 bits per heavy atom. The highest BCUT2D eigenvalue weighted by Crippen LogP contribution is 2.18. The van der Waals surface area contributed by atoms with Crippen LogP contribution in [0.4, 0.5) is 0 Å². The first kappa shape index (κ1) is 15.7. The average Bonchev–Trinajstić information content (AvgIpc) is 2.76. The lowest BCUT2D eigenvalue weighted by Crippen LogP contribution is -2.22. The molecular weight excluding hydrogens is 356 g/mol. The van der Waals surface area contributed by atoms with E-state index >= 15 is 0 Å². The van der Waals surface area contributed by atoms with E-state index in [1.165, 1.54) is 0 Å². The molecule has 7 heteroatoms. The fourth-order valence-corrected chi connectivity index (χ4v) is 3.30. The molecule has 0 bridgehead atoms. The smallest absolute Gasteiger partial charge is 0.347 e. The number of aryl methyl sites for hydroxylation is 2. The second-order valence-electron chi connectivity index (χ2n) is 4.53. The van der Waals surface area contributed by atoms with Crippen molar-refractivity contribution >= 4 is 39.1 Å². The summed E-state index contributed by atoms with van der Waals surface area (Å²) in [7, 11) is 0. The number of benzene rings is 1. The first-order valence-corrected chi connectivity index (χ1v) is 7.72. The normalized spacial score (nSPS) is 10.4. The zero-order valence-corrected chi connectivity index (χ0v) is 13.8. The number of carbonyl (C=O) groups is 2. The third kappa shape index (κ3) is 3.89. The molecule has 0 aliphatic heterocycles. The molecule has 2 aromatic rings. The molecule has 2 rings (SSSR count). The maximum atomic E-state index is 12.1. The van der Waals surface area contributed by atoms with Gasteiger partial charge in [-0.3, -0.25) is 4.79 Å². The molecule has 0 fully saturated rings. The van der Waals surface area contributed by atoms with E-state index in [9.17, 15) is 9.59 Å². The summed E-state index contributed by atoms with van der Waals surface area (Å²) in [6.07, 6.45) is 0. The molecule has 0 aliphatic rings. The van der Waals surface area contributed by atoms with Crippen molar-refractivity contribution in [3.8, 4) is 0 Å². The number of thiazole rings is 1. The summed E-state index contributed by atoms with van der Waals surface area (Å²) >= 11 is 4.43. The van der Waals surface area contributed by atoms with Crippen molar-refractivity contribution in [3.05, 3.63) is 49.4 Å². The Labute approximate surface area is 134 Å². The number of aromatic carboxylic acids is 1. The minimum absolute atomic E-state index is 0.206. The number of rotatable bonds is 4. The molecule has 21 heavy (non-hydrogen) atoms. The van der Waals surface area contributed by atoms with Crippen LogP contribution < -0.4 is 5.32 Å². The largest absolute Gasteiger partial charge is 0.477 e. The van der Waals surface area contributed by atoms with Crippen molar-refractivity contribution in [2.75, 3.05) is 0 Å². The Balaban J connectivity index is 2.07. The fraction of sp³-hybridized carbons (Fsp3) is 0.214. The molecule has 0 aliphatic carbocycles. The second kappa shape index (κ2) is 6.36. The van der Waals surface area contributed by atoms with Crippen molar-refractivity contribution in [2.24, 2.45) is 0 Å². The first-order valence-electron chi connectivity index (χ1n) is 6.12. The number of carboxylic acid groups (broad SMARTS) is 1. The quantitative estimate of drug-likeness (QED) is 0.868. The summed E-state index contributed by atoms with van der Waals surface area (Å²) in [6.45, 7) is 3.76. The standard InChI is InChI=1S/C14H13BrN2O3S/c1-7-3-9(5-10(15)4-7)13(18)16-6-11-17-8(2)12(21-11)14(19)20/h3-5H,6H2,1-2H3,(H,16,18)(H,19,20). The summed E-state index contributed by atoms with van der Waals surface area (Å²) in [5, 5.41) is 12.3. The Bertz CT molecular complexity index is 692. The first-order chi connectivity index (χ1) is 9.86. The van der Waals surface area contributed by atoms with Gasteiger partial charge in [0.25, 0.3) is 5.91 Å². The molecule has 5 nitrogen and oxygen atoms in total. The van der Waals surface area contributed by atoms with Crippen LogP contribution in [0.5, 0.6) is 0 Å². The number of halogens is 1. The molecule has 1 amide bonds. The third-order valence-electron chi connectivity index (χ3n) is 2.74. The molecular formula is C14H13BrN2O3S. The van der Waals surface area contributed by atoms with Crippen LogP contribution in [0, 0.1) is 13.8 Å². The molecule has 1 aromatic heterocycles. The predicted molar refractivity (Wildman–Crippen MR) is 83.9 cm³/mol. The summed E-state index contributed by atoms with van der Waals surface area (Å²) in [5.41, 5.74) is 2.00. The summed E-state index contributed by atoms with van der Waals surface area (Å²) < 4.78 is 0.839. The van der Waals surface area contributed by atoms with E-state index in [1.54, 1.807) is 19.1 Å².